The Labute approximate surface area is 156 Å². The van der Waals surface area contributed by atoms with Crippen molar-refractivity contribution >= 4 is 22.5 Å². The van der Waals surface area contributed by atoms with E-state index in [1.54, 1.807) is 6.20 Å². The zero-order valence-corrected chi connectivity index (χ0v) is 14.9. The van der Waals surface area contributed by atoms with Gasteiger partial charge >= 0.3 is 0 Å². The first kappa shape index (κ1) is 15.8. The standard InChI is InChI=1S/C22H18N4O/c1-14-12-16-13-26(17-7-3-2-4-8-17)25-21(16)19-18(24-22(14)27)10-9-15-6-5-11-23-20(15)19/h2-11,13-14H,12H2,1H3,(H,24,27). The summed E-state index contributed by atoms with van der Waals surface area (Å²) in [6, 6.07) is 17.9. The fourth-order valence-electron chi connectivity index (χ4n) is 3.65. The van der Waals surface area contributed by atoms with Crippen molar-refractivity contribution in [3.05, 3.63) is 72.6 Å². The molecule has 0 radical (unpaired) electrons. The van der Waals surface area contributed by atoms with Crippen molar-refractivity contribution in [2.45, 2.75) is 13.3 Å². The molecule has 0 saturated heterocycles. The maximum atomic E-state index is 12.6. The fourth-order valence-corrected chi connectivity index (χ4v) is 3.65. The van der Waals surface area contributed by atoms with Gasteiger partial charge in [-0.25, -0.2) is 4.68 Å². The number of para-hydroxylation sites is 1. The van der Waals surface area contributed by atoms with Crippen LogP contribution in [0.1, 0.15) is 12.5 Å². The molecule has 1 N–H and O–H groups in total. The minimum absolute atomic E-state index is 0.0182. The van der Waals surface area contributed by atoms with Crippen LogP contribution in [0.5, 0.6) is 0 Å². The Hall–Kier alpha value is -3.47. The Morgan fingerprint density at radius 2 is 1.93 bits per heavy atom. The molecule has 27 heavy (non-hydrogen) atoms. The molecule has 132 valence electrons. The highest BCUT2D eigenvalue weighted by atomic mass is 16.1. The number of anilines is 1. The molecule has 3 heterocycles. The van der Waals surface area contributed by atoms with Crippen LogP contribution in [0.15, 0.2) is 67.0 Å². The molecule has 0 aliphatic carbocycles. The van der Waals surface area contributed by atoms with E-state index in [1.165, 1.54) is 0 Å². The van der Waals surface area contributed by atoms with E-state index in [1.807, 2.05) is 72.4 Å². The maximum absolute atomic E-state index is 12.6. The number of nitrogens with zero attached hydrogens (tertiary/aromatic N) is 3. The van der Waals surface area contributed by atoms with Crippen LogP contribution in [-0.4, -0.2) is 20.7 Å². The smallest absolute Gasteiger partial charge is 0.227 e. The number of carbonyl (C=O) groups is 1. The van der Waals surface area contributed by atoms with Gasteiger partial charge in [-0.3, -0.25) is 9.78 Å². The van der Waals surface area contributed by atoms with Crippen molar-refractivity contribution in [1.29, 1.82) is 0 Å². The van der Waals surface area contributed by atoms with E-state index in [-0.39, 0.29) is 11.8 Å². The van der Waals surface area contributed by atoms with Gasteiger partial charge in [0.2, 0.25) is 5.91 Å². The highest BCUT2D eigenvalue weighted by Crippen LogP contribution is 2.38. The van der Waals surface area contributed by atoms with Gasteiger partial charge in [-0.1, -0.05) is 37.3 Å². The molecule has 1 aliphatic rings. The van der Waals surface area contributed by atoms with Crippen molar-refractivity contribution < 1.29 is 4.79 Å². The van der Waals surface area contributed by atoms with Gasteiger partial charge in [-0.05, 0) is 36.2 Å². The third kappa shape index (κ3) is 2.59. The number of hydrogen-bond acceptors (Lipinski definition) is 3. The largest absolute Gasteiger partial charge is 0.325 e. The lowest BCUT2D eigenvalue weighted by molar-refractivity contribution is -0.119. The van der Waals surface area contributed by atoms with Crippen LogP contribution in [0.3, 0.4) is 0 Å². The highest BCUT2D eigenvalue weighted by Gasteiger charge is 2.26. The van der Waals surface area contributed by atoms with Gasteiger partial charge in [0.25, 0.3) is 0 Å². The van der Waals surface area contributed by atoms with Crippen LogP contribution >= 0.6 is 0 Å². The summed E-state index contributed by atoms with van der Waals surface area (Å²) >= 11 is 0. The summed E-state index contributed by atoms with van der Waals surface area (Å²) < 4.78 is 1.89. The normalized spacial score (nSPS) is 16.2. The molecule has 2 aromatic heterocycles. The monoisotopic (exact) mass is 354 g/mol. The lowest BCUT2D eigenvalue weighted by Gasteiger charge is -2.19. The van der Waals surface area contributed by atoms with E-state index >= 15 is 0 Å². The van der Waals surface area contributed by atoms with Crippen LogP contribution < -0.4 is 5.32 Å². The number of nitrogens with one attached hydrogen (secondary N) is 1. The molecule has 0 saturated carbocycles. The van der Waals surface area contributed by atoms with E-state index in [2.05, 4.69) is 10.3 Å². The Bertz CT molecular complexity index is 1160. The van der Waals surface area contributed by atoms with E-state index < -0.39 is 0 Å². The summed E-state index contributed by atoms with van der Waals surface area (Å²) in [7, 11) is 0. The predicted octanol–water partition coefficient (Wildman–Crippen LogP) is 4.22. The second-order valence-corrected chi connectivity index (χ2v) is 6.94. The van der Waals surface area contributed by atoms with Crippen LogP contribution in [0.2, 0.25) is 0 Å². The Morgan fingerprint density at radius 1 is 1.07 bits per heavy atom. The minimum Gasteiger partial charge on any atom is -0.325 e. The van der Waals surface area contributed by atoms with E-state index in [0.717, 1.165) is 39.1 Å². The van der Waals surface area contributed by atoms with Gasteiger partial charge in [-0.2, -0.15) is 5.10 Å². The van der Waals surface area contributed by atoms with Crippen LogP contribution in [0.25, 0.3) is 27.8 Å². The summed E-state index contributed by atoms with van der Waals surface area (Å²) in [6.45, 7) is 1.95. The molecule has 1 unspecified atom stereocenters. The molecule has 2 aromatic carbocycles. The summed E-state index contributed by atoms with van der Waals surface area (Å²) in [4.78, 5) is 17.2. The second kappa shape index (κ2) is 6.06. The summed E-state index contributed by atoms with van der Waals surface area (Å²) in [5, 5.41) is 8.99. The second-order valence-electron chi connectivity index (χ2n) is 6.94. The predicted molar refractivity (Wildman–Crippen MR) is 106 cm³/mol. The lowest BCUT2D eigenvalue weighted by atomic mass is 9.93. The molecular weight excluding hydrogens is 336 g/mol. The Morgan fingerprint density at radius 3 is 2.78 bits per heavy atom. The number of aromatic nitrogens is 3. The van der Waals surface area contributed by atoms with Gasteiger partial charge < -0.3 is 5.32 Å². The zero-order valence-electron chi connectivity index (χ0n) is 14.9. The number of hydrogen-bond donors (Lipinski definition) is 1. The number of rotatable bonds is 1. The van der Waals surface area contributed by atoms with Gasteiger partial charge in [0, 0.05) is 23.7 Å². The number of fused-ring (bicyclic) bond motifs is 5. The first-order valence-electron chi connectivity index (χ1n) is 9.03. The molecule has 0 fully saturated rings. The molecule has 1 aliphatic heterocycles. The number of carbonyl (C=O) groups excluding carboxylic acids is 1. The molecule has 5 nitrogen and oxygen atoms in total. The van der Waals surface area contributed by atoms with Crippen LogP contribution in [0.4, 0.5) is 5.69 Å². The molecule has 0 spiro atoms. The van der Waals surface area contributed by atoms with Crippen molar-refractivity contribution in [3.8, 4) is 16.9 Å². The first-order chi connectivity index (χ1) is 13.2. The highest BCUT2D eigenvalue weighted by molar-refractivity contribution is 6.06. The van der Waals surface area contributed by atoms with Crippen molar-refractivity contribution in [1.82, 2.24) is 14.8 Å². The zero-order chi connectivity index (χ0) is 18.4. The third-order valence-corrected chi connectivity index (χ3v) is 5.05. The number of benzene rings is 2. The van der Waals surface area contributed by atoms with Gasteiger partial charge in [0.1, 0.15) is 5.69 Å². The molecule has 5 heteroatoms. The first-order valence-corrected chi connectivity index (χ1v) is 9.03. The summed E-state index contributed by atoms with van der Waals surface area (Å²) in [5.74, 6) is -0.116. The quantitative estimate of drug-likeness (QED) is 0.557. The molecule has 1 atom stereocenters. The van der Waals surface area contributed by atoms with E-state index in [0.29, 0.717) is 6.42 Å². The Balaban J connectivity index is 1.81. The van der Waals surface area contributed by atoms with Crippen LogP contribution in [-0.2, 0) is 11.2 Å². The lowest BCUT2D eigenvalue weighted by Crippen LogP contribution is -2.24. The average molecular weight is 354 g/mol. The molecule has 4 aromatic rings. The summed E-state index contributed by atoms with van der Waals surface area (Å²) in [6.07, 6.45) is 4.45. The average Bonchev–Trinajstić information content (AvgIpc) is 3.10. The SMILES string of the molecule is CC1Cc2cn(-c3ccccc3)nc2-c2c(ccc3cccnc23)NC1=O. The number of amides is 1. The maximum Gasteiger partial charge on any atom is 0.227 e. The minimum atomic E-state index is -0.134. The molecule has 5 rings (SSSR count). The third-order valence-electron chi connectivity index (χ3n) is 5.05. The fraction of sp³-hybridized carbons (Fsp3) is 0.136. The van der Waals surface area contributed by atoms with Crippen molar-refractivity contribution in [2.24, 2.45) is 5.92 Å². The summed E-state index contributed by atoms with van der Waals surface area (Å²) in [5.41, 5.74) is 5.43. The topological polar surface area (TPSA) is 59.8 Å². The van der Waals surface area contributed by atoms with Gasteiger partial charge in [0.05, 0.1) is 22.5 Å². The molecular formula is C22H18N4O. The number of pyridine rings is 1. The van der Waals surface area contributed by atoms with Crippen LogP contribution in [0, 0.1) is 5.92 Å². The van der Waals surface area contributed by atoms with Gasteiger partial charge in [0.15, 0.2) is 0 Å². The van der Waals surface area contributed by atoms with Crippen molar-refractivity contribution in [2.75, 3.05) is 5.32 Å². The van der Waals surface area contributed by atoms with Crippen molar-refractivity contribution in [3.63, 3.8) is 0 Å². The molecule has 0 bridgehead atoms. The van der Waals surface area contributed by atoms with Gasteiger partial charge in [-0.15, -0.1) is 0 Å². The molecule has 1 amide bonds. The Kier molecular flexibility index (Phi) is 3.53. The van der Waals surface area contributed by atoms with E-state index in [9.17, 15) is 4.79 Å². The van der Waals surface area contributed by atoms with E-state index in [4.69, 9.17) is 5.10 Å².